The summed E-state index contributed by atoms with van der Waals surface area (Å²) in [7, 11) is 1.61. The number of nitrogens with two attached hydrogens (primary N) is 1. The first-order chi connectivity index (χ1) is 6.69. The monoisotopic (exact) mass is 254 g/mol. The summed E-state index contributed by atoms with van der Waals surface area (Å²) in [5, 5.41) is 8.72. The van der Waals surface area contributed by atoms with E-state index in [4.69, 9.17) is 15.7 Å². The number of rotatable bonds is 3. The lowest BCUT2D eigenvalue weighted by Gasteiger charge is -2.11. The van der Waals surface area contributed by atoms with E-state index in [9.17, 15) is 0 Å². The fraction of sp³-hybridized carbons (Fsp3) is 0.300. The Bertz CT molecular complexity index is 360. The normalized spacial score (nSPS) is 12.1. The van der Waals surface area contributed by atoms with Gasteiger partial charge in [0.25, 0.3) is 0 Å². The van der Waals surface area contributed by atoms with Crippen molar-refractivity contribution in [1.29, 1.82) is 5.26 Å². The van der Waals surface area contributed by atoms with Gasteiger partial charge >= 0.3 is 0 Å². The summed E-state index contributed by atoms with van der Waals surface area (Å²) >= 11 is 3.31. The molecule has 0 amide bonds. The number of methoxy groups -OCH3 is 1. The van der Waals surface area contributed by atoms with Crippen LogP contribution in [0.15, 0.2) is 22.7 Å². The van der Waals surface area contributed by atoms with Gasteiger partial charge in [-0.3, -0.25) is 0 Å². The fourth-order valence-electron chi connectivity index (χ4n) is 1.13. The average molecular weight is 255 g/mol. The second-order valence-corrected chi connectivity index (χ2v) is 3.77. The number of nitrogens with zero attached hydrogens (tertiary/aromatic N) is 1. The van der Waals surface area contributed by atoms with Crippen molar-refractivity contribution in [3.8, 4) is 6.07 Å². The Hall–Kier alpha value is -0.890. The van der Waals surface area contributed by atoms with Gasteiger partial charge in [-0.25, -0.2) is 0 Å². The molecule has 0 spiro atoms. The van der Waals surface area contributed by atoms with Crippen molar-refractivity contribution in [2.75, 3.05) is 13.7 Å². The van der Waals surface area contributed by atoms with Gasteiger partial charge in [-0.1, -0.05) is 6.07 Å². The van der Waals surface area contributed by atoms with Crippen molar-refractivity contribution in [2.24, 2.45) is 5.73 Å². The van der Waals surface area contributed by atoms with Crippen LogP contribution >= 0.6 is 15.9 Å². The summed E-state index contributed by atoms with van der Waals surface area (Å²) < 4.78 is 5.72. The minimum Gasteiger partial charge on any atom is -0.383 e. The van der Waals surface area contributed by atoms with Gasteiger partial charge in [0.15, 0.2) is 0 Å². The molecular weight excluding hydrogens is 244 g/mol. The van der Waals surface area contributed by atoms with Crippen LogP contribution in [-0.4, -0.2) is 13.7 Å². The van der Waals surface area contributed by atoms with Crippen molar-refractivity contribution in [3.05, 3.63) is 33.8 Å². The molecule has 3 nitrogen and oxygen atoms in total. The molecule has 0 aromatic heterocycles. The van der Waals surface area contributed by atoms with Crippen LogP contribution in [0.4, 0.5) is 0 Å². The van der Waals surface area contributed by atoms with Crippen LogP contribution in [-0.2, 0) is 4.74 Å². The van der Waals surface area contributed by atoms with Crippen molar-refractivity contribution in [3.63, 3.8) is 0 Å². The maximum absolute atomic E-state index is 8.72. The standard InChI is InChI=1S/C10H11BrN2O/c1-14-6-10(13)7-2-3-8(5-12)9(11)4-7/h2-4,10H,6,13H2,1H3. The quantitative estimate of drug-likeness (QED) is 0.898. The third-order valence-electron chi connectivity index (χ3n) is 1.89. The van der Waals surface area contributed by atoms with E-state index >= 15 is 0 Å². The van der Waals surface area contributed by atoms with Crippen LogP contribution in [0, 0.1) is 11.3 Å². The molecule has 1 aromatic carbocycles. The smallest absolute Gasteiger partial charge is 0.100 e. The van der Waals surface area contributed by atoms with Crippen LogP contribution in [0.2, 0.25) is 0 Å². The van der Waals surface area contributed by atoms with Crippen molar-refractivity contribution in [2.45, 2.75) is 6.04 Å². The van der Waals surface area contributed by atoms with Crippen LogP contribution < -0.4 is 5.73 Å². The van der Waals surface area contributed by atoms with Gasteiger partial charge in [0.05, 0.1) is 18.2 Å². The first-order valence-corrected chi connectivity index (χ1v) is 4.92. The molecule has 0 saturated carbocycles. The number of hydrogen-bond acceptors (Lipinski definition) is 3. The maximum atomic E-state index is 8.72. The molecule has 1 rings (SSSR count). The Morgan fingerprint density at radius 2 is 2.36 bits per heavy atom. The Balaban J connectivity index is 2.92. The highest BCUT2D eigenvalue weighted by molar-refractivity contribution is 9.10. The predicted molar refractivity (Wildman–Crippen MR) is 57.7 cm³/mol. The SMILES string of the molecule is COCC(N)c1ccc(C#N)c(Br)c1. The van der Waals surface area contributed by atoms with E-state index in [1.54, 1.807) is 13.2 Å². The van der Waals surface area contributed by atoms with Crippen LogP contribution in [0.25, 0.3) is 0 Å². The summed E-state index contributed by atoms with van der Waals surface area (Å²) in [5.74, 6) is 0. The average Bonchev–Trinajstić information content (AvgIpc) is 2.18. The molecule has 1 aromatic rings. The summed E-state index contributed by atoms with van der Waals surface area (Å²) in [6.07, 6.45) is 0. The Morgan fingerprint density at radius 1 is 1.64 bits per heavy atom. The summed E-state index contributed by atoms with van der Waals surface area (Å²) in [5.41, 5.74) is 7.40. The molecular formula is C10H11BrN2O. The third kappa shape index (κ3) is 2.55. The molecule has 0 radical (unpaired) electrons. The van der Waals surface area contributed by atoms with E-state index in [1.807, 2.05) is 12.1 Å². The van der Waals surface area contributed by atoms with E-state index in [0.29, 0.717) is 12.2 Å². The number of hydrogen-bond donors (Lipinski definition) is 1. The van der Waals surface area contributed by atoms with Crippen LogP contribution in [0.3, 0.4) is 0 Å². The van der Waals surface area contributed by atoms with Gasteiger partial charge in [-0.2, -0.15) is 5.26 Å². The summed E-state index contributed by atoms with van der Waals surface area (Å²) in [6, 6.07) is 7.36. The van der Waals surface area contributed by atoms with Gasteiger partial charge in [-0.05, 0) is 33.6 Å². The largest absolute Gasteiger partial charge is 0.383 e. The lowest BCUT2D eigenvalue weighted by Crippen LogP contribution is -2.16. The Morgan fingerprint density at radius 3 is 2.86 bits per heavy atom. The van der Waals surface area contributed by atoms with Gasteiger partial charge in [0, 0.05) is 11.6 Å². The van der Waals surface area contributed by atoms with E-state index in [2.05, 4.69) is 22.0 Å². The highest BCUT2D eigenvalue weighted by Crippen LogP contribution is 2.20. The lowest BCUT2D eigenvalue weighted by molar-refractivity contribution is 0.181. The molecule has 2 N–H and O–H groups in total. The minimum absolute atomic E-state index is 0.149. The highest BCUT2D eigenvalue weighted by atomic mass is 79.9. The van der Waals surface area contributed by atoms with Crippen molar-refractivity contribution in [1.82, 2.24) is 0 Å². The first-order valence-electron chi connectivity index (χ1n) is 4.13. The molecule has 0 saturated heterocycles. The molecule has 74 valence electrons. The Kier molecular flexibility index (Phi) is 4.08. The van der Waals surface area contributed by atoms with Gasteiger partial charge in [0.2, 0.25) is 0 Å². The summed E-state index contributed by atoms with van der Waals surface area (Å²) in [4.78, 5) is 0. The molecule has 0 fully saturated rings. The van der Waals surface area contributed by atoms with Crippen LogP contribution in [0.5, 0.6) is 0 Å². The minimum atomic E-state index is -0.149. The highest BCUT2D eigenvalue weighted by Gasteiger charge is 2.07. The van der Waals surface area contributed by atoms with Crippen molar-refractivity contribution >= 4 is 15.9 Å². The molecule has 0 heterocycles. The molecule has 0 aliphatic rings. The zero-order valence-electron chi connectivity index (χ0n) is 7.83. The van der Waals surface area contributed by atoms with Crippen LogP contribution in [0.1, 0.15) is 17.2 Å². The van der Waals surface area contributed by atoms with E-state index in [1.165, 1.54) is 0 Å². The zero-order chi connectivity index (χ0) is 10.6. The molecule has 0 aliphatic carbocycles. The molecule has 1 atom stereocenters. The molecule has 1 unspecified atom stereocenters. The van der Waals surface area contributed by atoms with Gasteiger partial charge < -0.3 is 10.5 Å². The predicted octanol–water partition coefficient (Wildman–Crippen LogP) is 1.97. The molecule has 14 heavy (non-hydrogen) atoms. The van der Waals surface area contributed by atoms with E-state index in [0.717, 1.165) is 10.0 Å². The number of ether oxygens (including phenoxy) is 1. The van der Waals surface area contributed by atoms with E-state index in [-0.39, 0.29) is 6.04 Å². The van der Waals surface area contributed by atoms with Gasteiger partial charge in [0.1, 0.15) is 6.07 Å². The Labute approximate surface area is 91.6 Å². The number of benzene rings is 1. The van der Waals surface area contributed by atoms with E-state index < -0.39 is 0 Å². The third-order valence-corrected chi connectivity index (χ3v) is 2.54. The second-order valence-electron chi connectivity index (χ2n) is 2.91. The van der Waals surface area contributed by atoms with Crippen molar-refractivity contribution < 1.29 is 4.74 Å². The first kappa shape index (κ1) is 11.2. The second kappa shape index (κ2) is 5.11. The lowest BCUT2D eigenvalue weighted by atomic mass is 10.1. The topological polar surface area (TPSA) is 59.0 Å². The fourth-order valence-corrected chi connectivity index (χ4v) is 1.61. The zero-order valence-corrected chi connectivity index (χ0v) is 9.41. The number of nitriles is 1. The summed E-state index contributed by atoms with van der Waals surface area (Å²) in [6.45, 7) is 0.471. The van der Waals surface area contributed by atoms with Gasteiger partial charge in [-0.15, -0.1) is 0 Å². The maximum Gasteiger partial charge on any atom is 0.100 e. The molecule has 4 heteroatoms. The number of halogens is 1. The molecule has 0 bridgehead atoms. The molecule has 0 aliphatic heterocycles.